The molecule has 0 saturated carbocycles. The van der Waals surface area contributed by atoms with Gasteiger partial charge in [-0.05, 0) is 26.0 Å². The van der Waals surface area contributed by atoms with E-state index in [4.69, 9.17) is 9.66 Å². The SMILES string of the molecule is Cc1ccc(S(N)(=O)=NC(=O)c2cc(C)on2)cc1. The summed E-state index contributed by atoms with van der Waals surface area (Å²) >= 11 is 0. The fourth-order valence-corrected chi connectivity index (χ4v) is 2.39. The second-order valence-corrected chi connectivity index (χ2v) is 5.89. The molecule has 0 bridgehead atoms. The van der Waals surface area contributed by atoms with Crippen molar-refractivity contribution >= 4 is 15.8 Å². The molecule has 2 rings (SSSR count). The van der Waals surface area contributed by atoms with E-state index in [9.17, 15) is 9.00 Å². The van der Waals surface area contributed by atoms with E-state index in [2.05, 4.69) is 9.52 Å². The van der Waals surface area contributed by atoms with Crippen molar-refractivity contribution in [3.63, 3.8) is 0 Å². The highest BCUT2D eigenvalue weighted by Crippen LogP contribution is 2.12. The third-order valence-electron chi connectivity index (χ3n) is 2.42. The summed E-state index contributed by atoms with van der Waals surface area (Å²) < 4.78 is 20.5. The first-order chi connectivity index (χ1) is 8.88. The third kappa shape index (κ3) is 3.07. The molecule has 0 fully saturated rings. The number of rotatable bonds is 2. The second-order valence-electron chi connectivity index (χ2n) is 4.10. The molecule has 19 heavy (non-hydrogen) atoms. The van der Waals surface area contributed by atoms with E-state index >= 15 is 0 Å². The Hall–Kier alpha value is -1.99. The van der Waals surface area contributed by atoms with Gasteiger partial charge in [-0.3, -0.25) is 4.79 Å². The zero-order chi connectivity index (χ0) is 14.0. The van der Waals surface area contributed by atoms with E-state index in [0.717, 1.165) is 5.56 Å². The minimum absolute atomic E-state index is 0.0113. The number of benzene rings is 1. The van der Waals surface area contributed by atoms with Gasteiger partial charge in [0.05, 0.1) is 4.90 Å². The first-order valence-electron chi connectivity index (χ1n) is 5.48. The van der Waals surface area contributed by atoms with Crippen LogP contribution in [0.2, 0.25) is 0 Å². The summed E-state index contributed by atoms with van der Waals surface area (Å²) in [4.78, 5) is 12.1. The molecule has 1 heterocycles. The summed E-state index contributed by atoms with van der Waals surface area (Å²) in [5.41, 5.74) is 0.986. The minimum atomic E-state index is -3.27. The van der Waals surface area contributed by atoms with Crippen LogP contribution in [0.4, 0.5) is 0 Å². The number of aromatic nitrogens is 1. The van der Waals surface area contributed by atoms with E-state index < -0.39 is 15.8 Å². The van der Waals surface area contributed by atoms with Crippen LogP contribution in [0.15, 0.2) is 44.1 Å². The molecular weight excluding hydrogens is 266 g/mol. The summed E-state index contributed by atoms with van der Waals surface area (Å²) in [5, 5.41) is 9.12. The van der Waals surface area contributed by atoms with E-state index in [-0.39, 0.29) is 5.69 Å². The molecule has 0 radical (unpaired) electrons. The van der Waals surface area contributed by atoms with Gasteiger partial charge in [-0.25, -0.2) is 9.35 Å². The Labute approximate surface area is 110 Å². The summed E-state index contributed by atoms with van der Waals surface area (Å²) in [5.74, 6) is -0.290. The number of amides is 1. The molecule has 1 amide bonds. The second kappa shape index (κ2) is 4.94. The van der Waals surface area contributed by atoms with Crippen LogP contribution in [0.3, 0.4) is 0 Å². The Balaban J connectivity index is 2.38. The number of carbonyl (C=O) groups excluding carboxylic acids is 1. The summed E-state index contributed by atoms with van der Waals surface area (Å²) in [7, 11) is -3.27. The Morgan fingerprint density at radius 3 is 2.47 bits per heavy atom. The Morgan fingerprint density at radius 1 is 1.32 bits per heavy atom. The number of carbonyl (C=O) groups is 1. The molecule has 0 saturated heterocycles. The van der Waals surface area contributed by atoms with Crippen LogP contribution in [-0.2, 0) is 9.92 Å². The molecule has 1 unspecified atom stereocenters. The van der Waals surface area contributed by atoms with Gasteiger partial charge in [0.1, 0.15) is 15.7 Å². The smallest absolute Gasteiger partial charge is 0.308 e. The van der Waals surface area contributed by atoms with Crippen molar-refractivity contribution in [1.29, 1.82) is 0 Å². The molecule has 1 aromatic carbocycles. The maximum absolute atomic E-state index is 12.2. The lowest BCUT2D eigenvalue weighted by atomic mass is 10.2. The van der Waals surface area contributed by atoms with E-state index in [1.807, 2.05) is 6.92 Å². The van der Waals surface area contributed by atoms with Crippen LogP contribution in [0.5, 0.6) is 0 Å². The lowest BCUT2D eigenvalue weighted by Crippen LogP contribution is -2.15. The van der Waals surface area contributed by atoms with Crippen molar-refractivity contribution < 1.29 is 13.5 Å². The van der Waals surface area contributed by atoms with Gasteiger partial charge >= 0.3 is 5.91 Å². The predicted molar refractivity (Wildman–Crippen MR) is 69.8 cm³/mol. The number of aryl methyl sites for hydroxylation is 2. The van der Waals surface area contributed by atoms with Crippen LogP contribution in [0.1, 0.15) is 21.8 Å². The van der Waals surface area contributed by atoms with Gasteiger partial charge < -0.3 is 4.52 Å². The third-order valence-corrected chi connectivity index (χ3v) is 3.81. The molecule has 2 aromatic rings. The van der Waals surface area contributed by atoms with Crippen LogP contribution in [0.25, 0.3) is 0 Å². The fourth-order valence-electron chi connectivity index (χ4n) is 1.42. The van der Waals surface area contributed by atoms with Crippen molar-refractivity contribution in [2.45, 2.75) is 18.7 Å². The summed E-state index contributed by atoms with van der Waals surface area (Å²) in [6.07, 6.45) is 0. The number of nitrogens with zero attached hydrogens (tertiary/aromatic N) is 2. The van der Waals surface area contributed by atoms with Crippen molar-refractivity contribution in [2.75, 3.05) is 0 Å². The van der Waals surface area contributed by atoms with Gasteiger partial charge in [-0.1, -0.05) is 22.9 Å². The van der Waals surface area contributed by atoms with Gasteiger partial charge in [-0.15, -0.1) is 4.36 Å². The Bertz CT molecular complexity index is 725. The molecule has 1 atom stereocenters. The van der Waals surface area contributed by atoms with E-state index in [1.165, 1.54) is 6.07 Å². The topological polar surface area (TPSA) is 98.6 Å². The maximum atomic E-state index is 12.2. The highest BCUT2D eigenvalue weighted by Gasteiger charge is 2.14. The molecule has 0 aliphatic heterocycles. The van der Waals surface area contributed by atoms with Gasteiger partial charge in [0.2, 0.25) is 0 Å². The zero-order valence-electron chi connectivity index (χ0n) is 10.5. The molecule has 0 spiro atoms. The monoisotopic (exact) mass is 279 g/mol. The number of nitrogens with two attached hydrogens (primary N) is 1. The Kier molecular flexibility index (Phi) is 3.50. The molecule has 0 aliphatic carbocycles. The van der Waals surface area contributed by atoms with Gasteiger partial charge in [-0.2, -0.15) is 0 Å². The summed E-state index contributed by atoms with van der Waals surface area (Å²) in [6, 6.07) is 8.09. The van der Waals surface area contributed by atoms with Crippen molar-refractivity contribution in [3.8, 4) is 0 Å². The largest absolute Gasteiger partial charge is 0.361 e. The highest BCUT2D eigenvalue weighted by atomic mass is 32.2. The van der Waals surface area contributed by atoms with Crippen LogP contribution in [-0.4, -0.2) is 15.3 Å². The molecule has 1 aromatic heterocycles. The summed E-state index contributed by atoms with van der Waals surface area (Å²) in [6.45, 7) is 3.53. The average Bonchev–Trinajstić information content (AvgIpc) is 2.76. The normalized spacial score (nSPS) is 13.8. The highest BCUT2D eigenvalue weighted by molar-refractivity contribution is 7.91. The molecule has 2 N–H and O–H groups in total. The number of hydrogen-bond acceptors (Lipinski definition) is 4. The molecule has 6 nitrogen and oxygen atoms in total. The molecule has 100 valence electrons. The predicted octanol–water partition coefficient (Wildman–Crippen LogP) is 1.83. The average molecular weight is 279 g/mol. The number of hydrogen-bond donors (Lipinski definition) is 1. The van der Waals surface area contributed by atoms with Crippen molar-refractivity contribution in [3.05, 3.63) is 47.3 Å². The molecule has 7 heteroatoms. The standard InChI is InChI=1S/C12H13N3O3S/c1-8-3-5-10(6-4-8)19(13,17)15-12(16)11-7-9(2)18-14-11/h3-7H,1-2H3,(H2,13,15,16,17). The zero-order valence-corrected chi connectivity index (χ0v) is 11.3. The van der Waals surface area contributed by atoms with Crippen molar-refractivity contribution in [2.24, 2.45) is 9.50 Å². The van der Waals surface area contributed by atoms with Crippen LogP contribution < -0.4 is 5.14 Å². The molecular formula is C12H13N3O3S. The maximum Gasteiger partial charge on any atom is 0.308 e. The first kappa shape index (κ1) is 13.4. The lowest BCUT2D eigenvalue weighted by molar-refractivity contribution is 0.0996. The lowest BCUT2D eigenvalue weighted by Gasteiger charge is -2.03. The van der Waals surface area contributed by atoms with E-state index in [0.29, 0.717) is 10.7 Å². The molecule has 0 aliphatic rings. The Morgan fingerprint density at radius 2 is 1.95 bits per heavy atom. The minimum Gasteiger partial charge on any atom is -0.361 e. The van der Waals surface area contributed by atoms with Crippen molar-refractivity contribution in [1.82, 2.24) is 5.16 Å². The van der Waals surface area contributed by atoms with Crippen LogP contribution >= 0.6 is 0 Å². The first-order valence-corrected chi connectivity index (χ1v) is 7.05. The van der Waals surface area contributed by atoms with Gasteiger partial charge in [0.25, 0.3) is 0 Å². The van der Waals surface area contributed by atoms with Crippen LogP contribution in [0, 0.1) is 13.8 Å². The quantitative estimate of drug-likeness (QED) is 0.906. The van der Waals surface area contributed by atoms with Gasteiger partial charge in [0.15, 0.2) is 5.69 Å². The van der Waals surface area contributed by atoms with Gasteiger partial charge in [0, 0.05) is 6.07 Å². The fraction of sp³-hybridized carbons (Fsp3) is 0.167. The van der Waals surface area contributed by atoms with E-state index in [1.54, 1.807) is 31.2 Å².